The molecule has 4 N–H and O–H groups in total. The Morgan fingerprint density at radius 3 is 2.29 bits per heavy atom. The van der Waals surface area contributed by atoms with Gasteiger partial charge in [0.1, 0.15) is 0 Å². The number of aliphatic hydroxyl groups excluding tert-OH is 1. The Hall–Kier alpha value is -2.22. The molecule has 0 aromatic heterocycles. The van der Waals surface area contributed by atoms with Crippen LogP contribution >= 0.6 is 15.9 Å². The van der Waals surface area contributed by atoms with Crippen LogP contribution in [-0.2, 0) is 22.6 Å². The van der Waals surface area contributed by atoms with Gasteiger partial charge >= 0.3 is 0 Å². The van der Waals surface area contributed by atoms with Crippen molar-refractivity contribution in [2.45, 2.75) is 58.6 Å². The van der Waals surface area contributed by atoms with E-state index in [2.05, 4.69) is 35.1 Å². The van der Waals surface area contributed by atoms with E-state index in [0.717, 1.165) is 28.4 Å². The van der Waals surface area contributed by atoms with Gasteiger partial charge < -0.3 is 21.1 Å². The predicted octanol–water partition coefficient (Wildman–Crippen LogP) is 4.29. The Kier molecular flexibility index (Phi) is 13.0. The zero-order valence-electron chi connectivity index (χ0n) is 21.0. The third-order valence-electron chi connectivity index (χ3n) is 6.27. The van der Waals surface area contributed by atoms with E-state index in [-0.39, 0.29) is 12.3 Å². The van der Waals surface area contributed by atoms with Crippen LogP contribution in [0.4, 0.5) is 0 Å². The Morgan fingerprint density at radius 1 is 1.03 bits per heavy atom. The molecular formula is C28H40BrN3O3. The molecule has 0 saturated heterocycles. The van der Waals surface area contributed by atoms with E-state index in [4.69, 9.17) is 5.73 Å². The fourth-order valence-electron chi connectivity index (χ4n) is 4.50. The predicted molar refractivity (Wildman–Crippen MR) is 145 cm³/mol. The van der Waals surface area contributed by atoms with Gasteiger partial charge in [0.05, 0.1) is 6.10 Å². The van der Waals surface area contributed by atoms with Crippen LogP contribution in [0.15, 0.2) is 59.1 Å². The van der Waals surface area contributed by atoms with Gasteiger partial charge in [-0.2, -0.15) is 0 Å². The molecule has 0 spiro atoms. The van der Waals surface area contributed by atoms with E-state index in [1.807, 2.05) is 59.5 Å². The van der Waals surface area contributed by atoms with Crippen LogP contribution in [0.25, 0.3) is 0 Å². The van der Waals surface area contributed by atoms with Crippen LogP contribution in [-0.4, -0.2) is 47.6 Å². The number of primary amides is 1. The molecular weight excluding hydrogens is 506 g/mol. The normalized spacial score (nSPS) is 13.7. The van der Waals surface area contributed by atoms with Gasteiger partial charge in [-0.1, -0.05) is 72.2 Å². The van der Waals surface area contributed by atoms with Crippen LogP contribution in [0, 0.1) is 11.8 Å². The second-order valence-corrected chi connectivity index (χ2v) is 10.0. The number of nitrogens with one attached hydrogen (secondary N) is 1. The minimum absolute atomic E-state index is 0.0397. The van der Waals surface area contributed by atoms with Gasteiger partial charge in [-0.05, 0) is 48.9 Å². The van der Waals surface area contributed by atoms with Crippen molar-refractivity contribution in [3.8, 4) is 0 Å². The summed E-state index contributed by atoms with van der Waals surface area (Å²) in [7, 11) is 0. The summed E-state index contributed by atoms with van der Waals surface area (Å²) in [5.74, 6) is -1.46. The first kappa shape index (κ1) is 29.0. The van der Waals surface area contributed by atoms with Crippen molar-refractivity contribution in [1.29, 1.82) is 0 Å². The molecule has 35 heavy (non-hydrogen) atoms. The summed E-state index contributed by atoms with van der Waals surface area (Å²) in [6.45, 7) is 6.46. The van der Waals surface area contributed by atoms with Crippen molar-refractivity contribution in [3.63, 3.8) is 0 Å². The number of nitrogens with two attached hydrogens (primary N) is 1. The fraction of sp³-hybridized carbons (Fsp3) is 0.500. The van der Waals surface area contributed by atoms with Gasteiger partial charge in [0.2, 0.25) is 11.8 Å². The maximum atomic E-state index is 12.9. The van der Waals surface area contributed by atoms with Crippen LogP contribution < -0.4 is 11.1 Å². The summed E-state index contributed by atoms with van der Waals surface area (Å²) in [5, 5.41) is 14.5. The van der Waals surface area contributed by atoms with Crippen molar-refractivity contribution in [3.05, 3.63) is 70.2 Å². The molecule has 0 aliphatic carbocycles. The number of hydrogen-bond donors (Lipinski definition) is 3. The first-order valence-electron chi connectivity index (χ1n) is 12.6. The molecule has 192 valence electrons. The summed E-state index contributed by atoms with van der Waals surface area (Å²) in [6.07, 6.45) is 2.04. The molecule has 7 heteroatoms. The van der Waals surface area contributed by atoms with Crippen LogP contribution in [0.2, 0.25) is 0 Å². The number of carbonyl (C=O) groups excluding carboxylic acids is 2. The Labute approximate surface area is 218 Å². The number of halogens is 1. The third-order valence-corrected chi connectivity index (χ3v) is 6.76. The molecule has 0 aliphatic rings. The first-order chi connectivity index (χ1) is 16.8. The second-order valence-electron chi connectivity index (χ2n) is 9.11. The summed E-state index contributed by atoms with van der Waals surface area (Å²) < 4.78 is 0.936. The number of rotatable bonds is 16. The summed E-state index contributed by atoms with van der Waals surface area (Å²) >= 11 is 3.50. The highest BCUT2D eigenvalue weighted by molar-refractivity contribution is 9.10. The lowest BCUT2D eigenvalue weighted by molar-refractivity contribution is -0.132. The minimum atomic E-state index is -0.798. The Balaban J connectivity index is 2.15. The van der Waals surface area contributed by atoms with Crippen molar-refractivity contribution in [2.24, 2.45) is 17.6 Å². The quantitative estimate of drug-likeness (QED) is 0.293. The minimum Gasteiger partial charge on any atom is -0.391 e. The molecule has 0 bridgehead atoms. The number of amides is 2. The van der Waals surface area contributed by atoms with Crippen molar-refractivity contribution in [2.75, 3.05) is 19.6 Å². The fourth-order valence-corrected chi connectivity index (χ4v) is 4.95. The van der Waals surface area contributed by atoms with E-state index in [1.165, 1.54) is 0 Å². The molecule has 3 atom stereocenters. The third kappa shape index (κ3) is 10.1. The van der Waals surface area contributed by atoms with E-state index in [0.29, 0.717) is 39.0 Å². The van der Waals surface area contributed by atoms with Crippen molar-refractivity contribution in [1.82, 2.24) is 10.2 Å². The molecule has 0 saturated carbocycles. The zero-order valence-corrected chi connectivity index (χ0v) is 22.5. The topological polar surface area (TPSA) is 95.7 Å². The Morgan fingerprint density at radius 2 is 1.69 bits per heavy atom. The highest BCUT2D eigenvalue weighted by atomic mass is 79.9. The molecule has 0 fully saturated rings. The molecule has 1 unspecified atom stereocenters. The van der Waals surface area contributed by atoms with Crippen LogP contribution in [0.1, 0.15) is 50.7 Å². The monoisotopic (exact) mass is 545 g/mol. The molecule has 2 amide bonds. The molecule has 2 rings (SSSR count). The molecule has 6 nitrogen and oxygen atoms in total. The number of benzene rings is 2. The molecule has 0 aliphatic heterocycles. The number of aliphatic hydroxyl groups is 1. The van der Waals surface area contributed by atoms with Gasteiger partial charge in [0.25, 0.3) is 0 Å². The molecule has 0 radical (unpaired) electrons. The van der Waals surface area contributed by atoms with Crippen molar-refractivity contribution < 1.29 is 14.7 Å². The van der Waals surface area contributed by atoms with Crippen LogP contribution in [0.3, 0.4) is 0 Å². The second kappa shape index (κ2) is 15.7. The van der Waals surface area contributed by atoms with E-state index >= 15 is 0 Å². The lowest BCUT2D eigenvalue weighted by atomic mass is 9.79. The maximum absolute atomic E-state index is 12.9. The Bertz CT molecular complexity index is 903. The number of nitrogens with zero attached hydrogens (tertiary/aromatic N) is 1. The summed E-state index contributed by atoms with van der Waals surface area (Å²) in [5.41, 5.74) is 7.97. The van der Waals surface area contributed by atoms with E-state index in [1.54, 1.807) is 0 Å². The SMILES string of the molecule is CCCN(CCC)C(=O)CCC(C(N)=O)[C@H](Cc1cccc(Br)c1)[C@@H](O)CNCc1ccccc1. The average molecular weight is 547 g/mol. The van der Waals surface area contributed by atoms with Crippen molar-refractivity contribution >= 4 is 27.7 Å². The smallest absolute Gasteiger partial charge is 0.222 e. The average Bonchev–Trinajstić information content (AvgIpc) is 2.83. The lowest BCUT2D eigenvalue weighted by Crippen LogP contribution is -2.43. The van der Waals surface area contributed by atoms with Gasteiger partial charge in [0, 0.05) is 48.9 Å². The zero-order chi connectivity index (χ0) is 25.6. The van der Waals surface area contributed by atoms with E-state index in [9.17, 15) is 14.7 Å². The number of carbonyl (C=O) groups is 2. The maximum Gasteiger partial charge on any atom is 0.222 e. The standard InChI is InChI=1S/C28H40BrN3O3/c1-3-15-32(16-4-2)27(34)14-13-24(28(30)35)25(18-22-11-8-12-23(29)17-22)26(33)20-31-19-21-9-6-5-7-10-21/h5-12,17,24-26,31,33H,3-4,13-16,18-20H2,1-2H3,(H2,30,35)/t24?,25-,26-/m0/s1. The highest BCUT2D eigenvalue weighted by Gasteiger charge is 2.33. The molecule has 2 aromatic rings. The molecule has 2 aromatic carbocycles. The van der Waals surface area contributed by atoms with E-state index < -0.39 is 23.8 Å². The largest absolute Gasteiger partial charge is 0.391 e. The summed E-state index contributed by atoms with van der Waals surface area (Å²) in [6, 6.07) is 17.8. The van der Waals surface area contributed by atoms with Gasteiger partial charge in [-0.3, -0.25) is 9.59 Å². The summed E-state index contributed by atoms with van der Waals surface area (Å²) in [4.78, 5) is 27.3. The van der Waals surface area contributed by atoms with Crippen LogP contribution in [0.5, 0.6) is 0 Å². The number of hydrogen-bond acceptors (Lipinski definition) is 4. The molecule has 0 heterocycles. The van der Waals surface area contributed by atoms with Gasteiger partial charge in [-0.15, -0.1) is 0 Å². The first-order valence-corrected chi connectivity index (χ1v) is 13.4. The van der Waals surface area contributed by atoms with Gasteiger partial charge in [-0.25, -0.2) is 0 Å². The highest BCUT2D eigenvalue weighted by Crippen LogP contribution is 2.27. The lowest BCUT2D eigenvalue weighted by Gasteiger charge is -2.30. The van der Waals surface area contributed by atoms with Gasteiger partial charge in [0.15, 0.2) is 0 Å².